The molecule has 0 aromatic carbocycles. The van der Waals surface area contributed by atoms with Crippen LogP contribution in [0.5, 0.6) is 0 Å². The van der Waals surface area contributed by atoms with Gasteiger partial charge >= 0.3 is 39.5 Å². The number of aliphatic hydroxyl groups excluding tert-OH is 1. The summed E-state index contributed by atoms with van der Waals surface area (Å²) >= 11 is 0. The van der Waals surface area contributed by atoms with Crippen molar-refractivity contribution in [2.24, 2.45) is 0 Å². The third kappa shape index (κ3) is 76.6. The summed E-state index contributed by atoms with van der Waals surface area (Å²) in [6.07, 6.45) is 92.3. The number of phosphoric ester groups is 2. The predicted octanol–water partition coefficient (Wildman–Crippen LogP) is 23.8. The average Bonchev–Trinajstić information content (AvgIpc) is 0.903. The molecule has 0 rings (SSSR count). The highest BCUT2D eigenvalue weighted by Crippen LogP contribution is 2.45. The molecular formula is C87H142O17P2. The number of esters is 4. The highest BCUT2D eigenvalue weighted by atomic mass is 31.2. The van der Waals surface area contributed by atoms with Crippen LogP contribution in [0.4, 0.5) is 0 Å². The third-order valence-electron chi connectivity index (χ3n) is 16.2. The van der Waals surface area contributed by atoms with Gasteiger partial charge in [-0.1, -0.05) is 313 Å². The number of aliphatic hydroxyl groups is 1. The van der Waals surface area contributed by atoms with Gasteiger partial charge in [-0.2, -0.15) is 0 Å². The Morgan fingerprint density at radius 1 is 0.283 bits per heavy atom. The van der Waals surface area contributed by atoms with Gasteiger partial charge in [0.2, 0.25) is 0 Å². The van der Waals surface area contributed by atoms with Gasteiger partial charge in [0, 0.05) is 19.3 Å². The van der Waals surface area contributed by atoms with Crippen LogP contribution < -0.4 is 0 Å². The van der Waals surface area contributed by atoms with Gasteiger partial charge in [0.15, 0.2) is 12.2 Å². The summed E-state index contributed by atoms with van der Waals surface area (Å²) in [5.41, 5.74) is 0. The smallest absolute Gasteiger partial charge is 0.462 e. The minimum absolute atomic E-state index is 0.0259. The molecule has 19 heteroatoms. The number of carbonyl (C=O) groups is 4. The maximum atomic E-state index is 13.1. The van der Waals surface area contributed by atoms with Crippen LogP contribution in [0.25, 0.3) is 0 Å². The lowest BCUT2D eigenvalue weighted by Gasteiger charge is -2.21. The summed E-state index contributed by atoms with van der Waals surface area (Å²) in [5, 5.41) is 10.6. The number of hydrogen-bond acceptors (Lipinski definition) is 15. The van der Waals surface area contributed by atoms with Crippen LogP contribution in [0.1, 0.15) is 297 Å². The summed E-state index contributed by atoms with van der Waals surface area (Å²) in [7, 11) is -10.0. The fraction of sp³-hybridized carbons (Fsp3) is 0.632. The molecule has 0 fully saturated rings. The van der Waals surface area contributed by atoms with Gasteiger partial charge in [0.1, 0.15) is 19.3 Å². The first-order valence-electron chi connectivity index (χ1n) is 40.4. The van der Waals surface area contributed by atoms with E-state index in [1.54, 1.807) is 6.08 Å². The Bertz CT molecular complexity index is 2680. The second-order valence-corrected chi connectivity index (χ2v) is 29.2. The van der Waals surface area contributed by atoms with Gasteiger partial charge in [-0.25, -0.2) is 9.13 Å². The Labute approximate surface area is 642 Å². The van der Waals surface area contributed by atoms with Crippen LogP contribution >= 0.6 is 15.6 Å². The molecule has 0 aliphatic rings. The van der Waals surface area contributed by atoms with Crippen molar-refractivity contribution in [2.75, 3.05) is 39.6 Å². The molecule has 5 atom stereocenters. The van der Waals surface area contributed by atoms with Crippen LogP contribution in [-0.2, 0) is 65.4 Å². The fourth-order valence-electron chi connectivity index (χ4n) is 10.1. The first-order valence-corrected chi connectivity index (χ1v) is 43.4. The molecule has 106 heavy (non-hydrogen) atoms. The van der Waals surface area contributed by atoms with Crippen LogP contribution in [0.2, 0.25) is 0 Å². The molecule has 0 aliphatic carbocycles. The quantitative estimate of drug-likeness (QED) is 0.0169. The van der Waals surface area contributed by atoms with Crippen LogP contribution in [-0.4, -0.2) is 96.7 Å². The van der Waals surface area contributed by atoms with Gasteiger partial charge in [0.25, 0.3) is 0 Å². The zero-order valence-electron chi connectivity index (χ0n) is 65.8. The van der Waals surface area contributed by atoms with Crippen molar-refractivity contribution in [2.45, 2.75) is 316 Å². The number of unbranched alkanes of at least 4 members (excludes halogenated alkanes) is 21. The van der Waals surface area contributed by atoms with Crippen molar-refractivity contribution in [3.63, 3.8) is 0 Å². The number of carbonyl (C=O) groups excluding carboxylic acids is 4. The van der Waals surface area contributed by atoms with Gasteiger partial charge in [-0.15, -0.1) is 0 Å². The van der Waals surface area contributed by atoms with E-state index in [0.29, 0.717) is 32.1 Å². The maximum absolute atomic E-state index is 13.1. The largest absolute Gasteiger partial charge is 0.472 e. The van der Waals surface area contributed by atoms with Crippen molar-refractivity contribution in [1.82, 2.24) is 0 Å². The van der Waals surface area contributed by atoms with E-state index in [2.05, 4.69) is 155 Å². The van der Waals surface area contributed by atoms with E-state index in [-0.39, 0.29) is 25.7 Å². The molecule has 0 amide bonds. The van der Waals surface area contributed by atoms with Crippen molar-refractivity contribution in [3.8, 4) is 0 Å². The van der Waals surface area contributed by atoms with Gasteiger partial charge in [-0.3, -0.25) is 37.3 Å². The molecular weight excluding hydrogens is 1380 g/mol. The highest BCUT2D eigenvalue weighted by molar-refractivity contribution is 7.47. The first kappa shape index (κ1) is 100. The third-order valence-corrected chi connectivity index (χ3v) is 18.1. The number of allylic oxidation sites excluding steroid dienone is 27. The molecule has 0 heterocycles. The Morgan fingerprint density at radius 3 is 0.896 bits per heavy atom. The van der Waals surface area contributed by atoms with E-state index in [0.717, 1.165) is 141 Å². The molecule has 3 N–H and O–H groups in total. The Morgan fingerprint density at radius 2 is 0.547 bits per heavy atom. The molecule has 17 nitrogen and oxygen atoms in total. The highest BCUT2D eigenvalue weighted by Gasteiger charge is 2.30. The van der Waals surface area contributed by atoms with E-state index in [1.807, 2.05) is 36.5 Å². The zero-order chi connectivity index (χ0) is 77.4. The lowest BCUT2D eigenvalue weighted by Crippen LogP contribution is -2.30. The second kappa shape index (κ2) is 77.6. The summed E-state index contributed by atoms with van der Waals surface area (Å²) in [4.78, 5) is 73.0. The number of rotatable bonds is 74. The molecule has 0 bridgehead atoms. The van der Waals surface area contributed by atoms with E-state index >= 15 is 0 Å². The second-order valence-electron chi connectivity index (χ2n) is 26.3. The number of ether oxygens (including phenoxy) is 4. The van der Waals surface area contributed by atoms with E-state index < -0.39 is 97.5 Å². The van der Waals surface area contributed by atoms with Crippen LogP contribution in [0.15, 0.2) is 170 Å². The summed E-state index contributed by atoms with van der Waals surface area (Å²) in [6.45, 7) is 4.40. The minimum Gasteiger partial charge on any atom is -0.462 e. The molecule has 5 unspecified atom stereocenters. The van der Waals surface area contributed by atoms with Crippen molar-refractivity contribution in [1.29, 1.82) is 0 Å². The SMILES string of the molecule is CC/C=C\C/C=C\C/C=C\C/C=C\C/C=C\C/C=C\CCC(=O)OCC(COP(=O)(O)OCC(O)COP(=O)(O)OCC(COC(=O)C/C=C\C/C=C\C/C=C\C/C=C\C/C=C\CC)OC(=O)CCCCCCCCCCCCCCC)OC(=O)CCCCCCCC/C=C\C/C=C\C/C=C\CCCCC. The van der Waals surface area contributed by atoms with E-state index in [9.17, 15) is 43.2 Å². The Balaban J connectivity index is 5.51. The summed E-state index contributed by atoms with van der Waals surface area (Å²) in [6, 6.07) is 0. The Kier molecular flexibility index (Phi) is 73.5. The number of hydrogen-bond donors (Lipinski definition) is 3. The predicted molar refractivity (Wildman–Crippen MR) is 436 cm³/mol. The van der Waals surface area contributed by atoms with Crippen LogP contribution in [0, 0.1) is 0 Å². The molecule has 0 aromatic heterocycles. The van der Waals surface area contributed by atoms with E-state index in [1.165, 1.54) is 70.6 Å². The monoisotopic (exact) mass is 1520 g/mol. The molecule has 602 valence electrons. The van der Waals surface area contributed by atoms with Crippen molar-refractivity contribution < 1.29 is 80.2 Å². The molecule has 0 aliphatic heterocycles. The van der Waals surface area contributed by atoms with Crippen molar-refractivity contribution >= 4 is 39.5 Å². The summed E-state index contributed by atoms with van der Waals surface area (Å²) in [5.74, 6) is -2.44. The molecule has 0 spiro atoms. The standard InChI is InChI=1S/C87H142O17P2/c1-5-9-13-17-21-25-29-33-36-38-40-42-45-49-52-56-60-64-68-72-85(90)98-78-83(104-87(92)74-70-66-62-58-54-50-46-43-41-39-37-34-30-26-22-18-14-10-6-2)80-102-106(95,96)100-76-81(88)75-99-105(93,94)101-79-82(103-86(91)73-69-65-61-57-53-47-32-28-24-20-16-12-8-4)77-97-84(89)71-67-63-59-55-51-48-44-35-31-27-23-19-15-11-7-3/h9,11,13,15,21-23,25-27,33-37,40-44,49,51-52,55,60,63-64,67,81-83,88H,5-8,10,12,14,16-20,24,28-32,38-39,45-48,50,53-54,56-59,61-62,65-66,68-80H2,1-4H3,(H,93,94)(H,95,96)/b13-9-,15-11-,25-21-,26-22-,27-23-,36-33-,37-34-,42-40-,43-41-,44-35-,52-49-,55-51-,64-60-,67-63-. The zero-order valence-corrected chi connectivity index (χ0v) is 67.6. The number of phosphoric acid groups is 2. The van der Waals surface area contributed by atoms with Crippen molar-refractivity contribution in [3.05, 3.63) is 170 Å². The van der Waals surface area contributed by atoms with Gasteiger partial charge in [-0.05, 0) is 128 Å². The molecule has 0 radical (unpaired) electrons. The Hall–Kier alpha value is -5.58. The molecule has 0 saturated heterocycles. The lowest BCUT2D eigenvalue weighted by molar-refractivity contribution is -0.161. The first-order chi connectivity index (χ1) is 51.7. The average molecular weight is 1520 g/mol. The fourth-order valence-corrected chi connectivity index (χ4v) is 11.7. The van der Waals surface area contributed by atoms with Crippen LogP contribution in [0.3, 0.4) is 0 Å². The van der Waals surface area contributed by atoms with E-state index in [4.69, 9.17) is 37.0 Å². The normalized spacial score (nSPS) is 14.7. The topological polar surface area (TPSA) is 237 Å². The van der Waals surface area contributed by atoms with Gasteiger partial charge in [0.05, 0.1) is 32.8 Å². The van der Waals surface area contributed by atoms with Gasteiger partial charge < -0.3 is 33.8 Å². The summed E-state index contributed by atoms with van der Waals surface area (Å²) < 4.78 is 68.4. The minimum atomic E-state index is -5.01. The maximum Gasteiger partial charge on any atom is 0.472 e. The lowest BCUT2D eigenvalue weighted by atomic mass is 10.0. The molecule has 0 saturated carbocycles. The molecule has 0 aromatic rings.